The summed E-state index contributed by atoms with van der Waals surface area (Å²) in [5.74, 6) is -1.49. The molecule has 0 radical (unpaired) electrons. The molecule has 0 spiro atoms. The Morgan fingerprint density at radius 2 is 1.09 bits per heavy atom. The fourth-order valence-electron chi connectivity index (χ4n) is 3.78. The molecule has 0 saturated carbocycles. The number of carboxylic acids is 1. The summed E-state index contributed by atoms with van der Waals surface area (Å²) < 4.78 is 11.0. The van der Waals surface area contributed by atoms with E-state index in [-0.39, 0.29) is 30.6 Å². The van der Waals surface area contributed by atoms with E-state index in [9.17, 15) is 14.4 Å². The van der Waals surface area contributed by atoms with Gasteiger partial charge in [-0.3, -0.25) is 24.3 Å². The topological polar surface area (TPSA) is 99.6 Å². The summed E-state index contributed by atoms with van der Waals surface area (Å²) in [4.78, 5) is 42.5. The van der Waals surface area contributed by atoms with E-state index in [0.29, 0.717) is 32.7 Å². The Morgan fingerprint density at radius 3 is 1.43 bits per heavy atom. The number of nitrogens with zero attached hydrogens (tertiary/aromatic N) is 3. The summed E-state index contributed by atoms with van der Waals surface area (Å²) in [7, 11) is 0. The molecular weight excluding hydrogens is 450 g/mol. The van der Waals surface area contributed by atoms with E-state index in [1.165, 1.54) is 0 Å². The molecule has 1 aromatic carbocycles. The third-order valence-electron chi connectivity index (χ3n) is 5.35. The lowest BCUT2D eigenvalue weighted by Crippen LogP contribution is -2.42. The number of ether oxygens (including phenoxy) is 2. The van der Waals surface area contributed by atoms with Crippen LogP contribution in [0.3, 0.4) is 0 Å². The monoisotopic (exact) mass is 491 g/mol. The van der Waals surface area contributed by atoms with Crippen LogP contribution < -0.4 is 0 Å². The summed E-state index contributed by atoms with van der Waals surface area (Å²) in [5.41, 5.74) is 0.165. The van der Waals surface area contributed by atoms with Gasteiger partial charge in [0.15, 0.2) is 0 Å². The first kappa shape index (κ1) is 28.7. The van der Waals surface area contributed by atoms with Gasteiger partial charge in [0.25, 0.3) is 0 Å². The number of carbonyl (C=O) groups is 3. The van der Waals surface area contributed by atoms with Crippen molar-refractivity contribution in [1.82, 2.24) is 14.7 Å². The Kier molecular flexibility index (Phi) is 10.2. The van der Waals surface area contributed by atoms with E-state index in [4.69, 9.17) is 14.6 Å². The zero-order valence-electron chi connectivity index (χ0n) is 22.0. The molecule has 0 atom stereocenters. The maximum Gasteiger partial charge on any atom is 0.335 e. The van der Waals surface area contributed by atoms with Gasteiger partial charge in [0.1, 0.15) is 11.2 Å². The minimum absolute atomic E-state index is 0.179. The van der Waals surface area contributed by atoms with Gasteiger partial charge in [0.2, 0.25) is 0 Å². The molecule has 1 heterocycles. The van der Waals surface area contributed by atoms with Crippen LogP contribution in [-0.4, -0.2) is 101 Å². The third kappa shape index (κ3) is 11.7. The Labute approximate surface area is 209 Å². The summed E-state index contributed by atoms with van der Waals surface area (Å²) in [6.07, 6.45) is 0. The van der Waals surface area contributed by atoms with Gasteiger partial charge >= 0.3 is 17.9 Å². The van der Waals surface area contributed by atoms with E-state index in [1.54, 1.807) is 12.1 Å². The van der Waals surface area contributed by atoms with Crippen molar-refractivity contribution < 1.29 is 29.0 Å². The number of benzene rings is 1. The zero-order chi connectivity index (χ0) is 26.2. The molecular formula is C26H41N3O6. The zero-order valence-corrected chi connectivity index (χ0v) is 22.0. The average Bonchev–Trinajstić information content (AvgIpc) is 2.78. The normalized spacial score (nSPS) is 17.2. The van der Waals surface area contributed by atoms with Crippen LogP contribution in [0.4, 0.5) is 0 Å². The highest BCUT2D eigenvalue weighted by molar-refractivity contribution is 5.87. The molecule has 2 rings (SSSR count). The lowest BCUT2D eigenvalue weighted by molar-refractivity contribution is -0.158. The number of esters is 2. The first-order valence-electron chi connectivity index (χ1n) is 12.1. The minimum atomic E-state index is -0.949. The maximum absolute atomic E-state index is 12.5. The van der Waals surface area contributed by atoms with E-state index in [1.807, 2.05) is 53.7 Å². The highest BCUT2D eigenvalue weighted by Crippen LogP contribution is 2.12. The molecule has 1 saturated heterocycles. The molecule has 1 N–H and O–H groups in total. The SMILES string of the molecule is CC(C)(C)OC(=O)CN1CCN(CC(=O)OC(C)(C)C)CCN(Cc2ccc(C(=O)O)cc2)CC1. The van der Waals surface area contributed by atoms with Crippen LogP contribution in [0.15, 0.2) is 24.3 Å². The number of hydrogen-bond donors (Lipinski definition) is 1. The van der Waals surface area contributed by atoms with Crippen LogP contribution in [0.2, 0.25) is 0 Å². The number of hydrogen-bond acceptors (Lipinski definition) is 8. The Bertz CT molecular complexity index is 815. The molecule has 1 aliphatic rings. The van der Waals surface area contributed by atoms with Crippen molar-refractivity contribution in [3.63, 3.8) is 0 Å². The maximum atomic E-state index is 12.5. The van der Waals surface area contributed by atoms with E-state index >= 15 is 0 Å². The van der Waals surface area contributed by atoms with Gasteiger partial charge in [-0.25, -0.2) is 4.79 Å². The molecule has 9 heteroatoms. The first-order valence-corrected chi connectivity index (χ1v) is 12.1. The van der Waals surface area contributed by atoms with Crippen molar-refractivity contribution in [2.45, 2.75) is 59.3 Å². The number of aromatic carboxylic acids is 1. The molecule has 1 aliphatic heterocycles. The summed E-state index contributed by atoms with van der Waals surface area (Å²) in [5, 5.41) is 9.14. The van der Waals surface area contributed by atoms with Crippen molar-refractivity contribution in [3.05, 3.63) is 35.4 Å². The molecule has 9 nitrogen and oxygen atoms in total. The number of carboxylic acid groups (broad SMARTS) is 1. The molecule has 1 fully saturated rings. The van der Waals surface area contributed by atoms with Gasteiger partial charge in [-0.15, -0.1) is 0 Å². The van der Waals surface area contributed by atoms with Crippen molar-refractivity contribution in [2.75, 3.05) is 52.4 Å². The fraction of sp³-hybridized carbons (Fsp3) is 0.654. The van der Waals surface area contributed by atoms with Crippen LogP contribution >= 0.6 is 0 Å². The van der Waals surface area contributed by atoms with E-state index in [2.05, 4.69) is 14.7 Å². The van der Waals surface area contributed by atoms with E-state index < -0.39 is 17.2 Å². The largest absolute Gasteiger partial charge is 0.478 e. The van der Waals surface area contributed by atoms with E-state index in [0.717, 1.165) is 18.7 Å². The number of carbonyl (C=O) groups excluding carboxylic acids is 2. The Hall–Kier alpha value is -2.49. The second-order valence-electron chi connectivity index (χ2n) is 11.0. The predicted molar refractivity (Wildman–Crippen MR) is 133 cm³/mol. The van der Waals surface area contributed by atoms with Gasteiger partial charge in [-0.1, -0.05) is 12.1 Å². The van der Waals surface area contributed by atoms with Crippen LogP contribution in [0, 0.1) is 0 Å². The van der Waals surface area contributed by atoms with Crippen LogP contribution in [0.1, 0.15) is 57.5 Å². The fourth-order valence-corrected chi connectivity index (χ4v) is 3.78. The number of rotatable bonds is 7. The van der Waals surface area contributed by atoms with Gasteiger partial charge in [-0.05, 0) is 59.2 Å². The molecule has 0 unspecified atom stereocenters. The second kappa shape index (κ2) is 12.5. The van der Waals surface area contributed by atoms with Crippen molar-refractivity contribution in [1.29, 1.82) is 0 Å². The minimum Gasteiger partial charge on any atom is -0.478 e. The smallest absolute Gasteiger partial charge is 0.335 e. The highest BCUT2D eigenvalue weighted by atomic mass is 16.6. The predicted octanol–water partition coefficient (Wildman–Crippen LogP) is 2.49. The molecule has 196 valence electrons. The van der Waals surface area contributed by atoms with Gasteiger partial charge in [0, 0.05) is 45.8 Å². The van der Waals surface area contributed by atoms with Gasteiger partial charge < -0.3 is 14.6 Å². The average molecular weight is 492 g/mol. The van der Waals surface area contributed by atoms with Gasteiger partial charge in [0.05, 0.1) is 18.7 Å². The molecule has 0 aliphatic carbocycles. The Balaban J connectivity index is 2.10. The lowest BCUT2D eigenvalue weighted by Gasteiger charge is -2.27. The van der Waals surface area contributed by atoms with Crippen molar-refractivity contribution in [2.24, 2.45) is 0 Å². The third-order valence-corrected chi connectivity index (χ3v) is 5.35. The lowest BCUT2D eigenvalue weighted by atomic mass is 10.1. The standard InChI is InChI=1S/C26H41N3O6/c1-25(2,3)34-22(30)18-28-13-11-27(17-20-7-9-21(10-8-20)24(32)33)12-14-29(16-15-28)19-23(31)35-26(4,5)6/h7-10H,11-19H2,1-6H3,(H,32,33). The van der Waals surface area contributed by atoms with Crippen LogP contribution in [0.25, 0.3) is 0 Å². The van der Waals surface area contributed by atoms with Crippen molar-refractivity contribution >= 4 is 17.9 Å². The summed E-state index contributed by atoms with van der Waals surface area (Å²) in [6.45, 7) is 16.2. The quantitative estimate of drug-likeness (QED) is 0.577. The highest BCUT2D eigenvalue weighted by Gasteiger charge is 2.24. The van der Waals surface area contributed by atoms with Crippen molar-refractivity contribution in [3.8, 4) is 0 Å². The second-order valence-corrected chi connectivity index (χ2v) is 11.0. The summed E-state index contributed by atoms with van der Waals surface area (Å²) >= 11 is 0. The first-order chi connectivity index (χ1) is 16.2. The molecule has 0 bridgehead atoms. The molecule has 0 aromatic heterocycles. The van der Waals surface area contributed by atoms with Gasteiger partial charge in [-0.2, -0.15) is 0 Å². The summed E-state index contributed by atoms with van der Waals surface area (Å²) in [6, 6.07) is 6.87. The van der Waals surface area contributed by atoms with Crippen LogP contribution in [-0.2, 0) is 25.6 Å². The molecule has 35 heavy (non-hydrogen) atoms. The molecule has 0 amide bonds. The van der Waals surface area contributed by atoms with Crippen LogP contribution in [0.5, 0.6) is 0 Å². The molecule has 1 aromatic rings. The Morgan fingerprint density at radius 1 is 0.714 bits per heavy atom.